The Morgan fingerprint density at radius 3 is 2.29 bits per heavy atom. The van der Waals surface area contributed by atoms with Crippen molar-refractivity contribution < 1.29 is 9.72 Å². The number of nitro benzene ring substituents is 1. The molecule has 1 aromatic carbocycles. The molecule has 0 spiro atoms. The summed E-state index contributed by atoms with van der Waals surface area (Å²) < 4.78 is 0. The van der Waals surface area contributed by atoms with E-state index in [9.17, 15) is 14.9 Å². The molecule has 3 aliphatic rings. The van der Waals surface area contributed by atoms with Gasteiger partial charge < -0.3 is 5.32 Å². The number of carbonyl (C=O) groups excluding carboxylic acids is 1. The molecule has 0 bridgehead atoms. The summed E-state index contributed by atoms with van der Waals surface area (Å²) in [6, 6.07) is 4.36. The molecule has 182 valence electrons. The van der Waals surface area contributed by atoms with Gasteiger partial charge in [-0.2, -0.15) is 5.10 Å². The number of nitro groups is 1. The highest BCUT2D eigenvalue weighted by Crippen LogP contribution is 2.47. The molecule has 2 aliphatic carbocycles. The Hall–Kier alpha value is -2.96. The molecule has 34 heavy (non-hydrogen) atoms. The summed E-state index contributed by atoms with van der Waals surface area (Å²) >= 11 is 0. The van der Waals surface area contributed by atoms with E-state index in [4.69, 9.17) is 0 Å². The second-order valence-corrected chi connectivity index (χ2v) is 11.1. The highest BCUT2D eigenvalue weighted by molar-refractivity contribution is 6.02. The third-order valence-corrected chi connectivity index (χ3v) is 8.86. The number of nitrogens with one attached hydrogen (secondary N) is 1. The van der Waals surface area contributed by atoms with Gasteiger partial charge in [-0.1, -0.05) is 51.0 Å². The van der Waals surface area contributed by atoms with Crippen LogP contribution in [0.15, 0.2) is 46.6 Å². The lowest BCUT2D eigenvalue weighted by Crippen LogP contribution is -2.47. The van der Waals surface area contributed by atoms with E-state index in [2.05, 4.69) is 64.1 Å². The molecular formula is C27H36N4O3. The van der Waals surface area contributed by atoms with Gasteiger partial charge in [-0.25, -0.2) is 5.01 Å². The average molecular weight is 465 g/mol. The monoisotopic (exact) mass is 464 g/mol. The number of hydrogen-bond acceptors (Lipinski definition) is 5. The van der Waals surface area contributed by atoms with Gasteiger partial charge in [0, 0.05) is 18.3 Å². The summed E-state index contributed by atoms with van der Waals surface area (Å²) in [4.78, 5) is 24.4. The number of allylic oxidation sites excluding steroid dienone is 4. The minimum Gasteiger partial charge on any atom is -0.363 e. The van der Waals surface area contributed by atoms with E-state index in [1.165, 1.54) is 29.3 Å². The quantitative estimate of drug-likeness (QED) is 0.224. The van der Waals surface area contributed by atoms with Gasteiger partial charge in [0.2, 0.25) is 0 Å². The summed E-state index contributed by atoms with van der Waals surface area (Å²) in [5, 5.41) is 21.0. The van der Waals surface area contributed by atoms with Crippen molar-refractivity contribution in [1.29, 1.82) is 0 Å². The van der Waals surface area contributed by atoms with Gasteiger partial charge in [0.25, 0.3) is 11.6 Å². The summed E-state index contributed by atoms with van der Waals surface area (Å²) in [6.45, 7) is 13.4. The van der Waals surface area contributed by atoms with Gasteiger partial charge in [0.15, 0.2) is 0 Å². The van der Waals surface area contributed by atoms with Crippen LogP contribution in [0.4, 0.5) is 11.4 Å². The van der Waals surface area contributed by atoms with Gasteiger partial charge in [-0.05, 0) is 68.3 Å². The van der Waals surface area contributed by atoms with Crippen molar-refractivity contribution in [3.8, 4) is 0 Å². The number of fused-ring (bicyclic) bond motifs is 1. The van der Waals surface area contributed by atoms with Crippen LogP contribution in [0.3, 0.4) is 0 Å². The van der Waals surface area contributed by atoms with Crippen LogP contribution >= 0.6 is 0 Å². The molecule has 1 amide bonds. The predicted octanol–water partition coefficient (Wildman–Crippen LogP) is 6.54. The lowest BCUT2D eigenvalue weighted by atomic mass is 9.75. The predicted molar refractivity (Wildman–Crippen MR) is 136 cm³/mol. The summed E-state index contributed by atoms with van der Waals surface area (Å²) in [5.74, 6) is 0.583. The fourth-order valence-corrected chi connectivity index (χ4v) is 5.46. The number of amides is 1. The molecule has 0 unspecified atom stereocenters. The van der Waals surface area contributed by atoms with Crippen molar-refractivity contribution in [3.05, 3.63) is 57.2 Å². The van der Waals surface area contributed by atoms with Crippen molar-refractivity contribution in [3.63, 3.8) is 0 Å². The number of nitrogens with zero attached hydrogens (tertiary/aromatic N) is 3. The van der Waals surface area contributed by atoms with E-state index < -0.39 is 4.92 Å². The number of hydrazone groups is 1. The maximum Gasteiger partial charge on any atom is 0.278 e. The van der Waals surface area contributed by atoms with E-state index in [-0.39, 0.29) is 28.6 Å². The molecule has 7 heteroatoms. The molecule has 7 nitrogen and oxygen atoms in total. The average Bonchev–Trinajstić information content (AvgIpc) is 3.18. The summed E-state index contributed by atoms with van der Waals surface area (Å²) in [6.07, 6.45) is 9.57. The van der Waals surface area contributed by atoms with E-state index in [0.29, 0.717) is 29.5 Å². The van der Waals surface area contributed by atoms with E-state index in [0.717, 1.165) is 19.3 Å². The highest BCUT2D eigenvalue weighted by atomic mass is 16.6. The number of benzene rings is 1. The van der Waals surface area contributed by atoms with Gasteiger partial charge in [-0.15, -0.1) is 0 Å². The molecule has 0 radical (unpaired) electrons. The molecule has 0 saturated heterocycles. The second kappa shape index (κ2) is 8.67. The fourth-order valence-electron chi connectivity index (χ4n) is 5.46. The maximum absolute atomic E-state index is 13.5. The summed E-state index contributed by atoms with van der Waals surface area (Å²) in [7, 11) is 0. The number of rotatable bonds is 6. The van der Waals surface area contributed by atoms with Gasteiger partial charge in [-0.3, -0.25) is 14.9 Å². The normalized spacial score (nSPS) is 27.4. The number of carbonyl (C=O) groups is 1. The van der Waals surface area contributed by atoms with Crippen molar-refractivity contribution in [2.24, 2.45) is 27.8 Å². The largest absolute Gasteiger partial charge is 0.363 e. The number of hydrogen-bond donors (Lipinski definition) is 1. The van der Waals surface area contributed by atoms with E-state index >= 15 is 0 Å². The Bertz CT molecular complexity index is 1100. The minimum absolute atomic E-state index is 0.0279. The van der Waals surface area contributed by atoms with Gasteiger partial charge in [0.1, 0.15) is 6.17 Å². The first kappa shape index (κ1) is 24.2. The van der Waals surface area contributed by atoms with Crippen molar-refractivity contribution in [2.75, 3.05) is 5.32 Å². The number of non-ortho nitro benzene ring substituents is 1. The maximum atomic E-state index is 13.5. The Balaban J connectivity index is 1.60. The molecule has 3 atom stereocenters. The topological polar surface area (TPSA) is 87.8 Å². The van der Waals surface area contributed by atoms with Crippen LogP contribution in [0, 0.1) is 32.8 Å². The van der Waals surface area contributed by atoms with Crippen LogP contribution in [-0.2, 0) is 0 Å². The van der Waals surface area contributed by atoms with Crippen LogP contribution < -0.4 is 5.32 Å². The van der Waals surface area contributed by atoms with Crippen molar-refractivity contribution in [1.82, 2.24) is 5.01 Å². The molecule has 0 fully saturated rings. The first-order chi connectivity index (χ1) is 15.9. The van der Waals surface area contributed by atoms with Crippen molar-refractivity contribution >= 4 is 23.5 Å². The molecule has 1 aromatic rings. The minimum atomic E-state index is -0.432. The van der Waals surface area contributed by atoms with Crippen LogP contribution in [0.5, 0.6) is 0 Å². The molecule has 0 saturated carbocycles. The highest BCUT2D eigenvalue weighted by Gasteiger charge is 2.41. The third kappa shape index (κ3) is 4.17. The second-order valence-electron chi connectivity index (χ2n) is 11.1. The lowest BCUT2D eigenvalue weighted by Gasteiger charge is -2.39. The Morgan fingerprint density at radius 1 is 1.12 bits per heavy atom. The molecule has 4 rings (SSSR count). The molecule has 0 aromatic heterocycles. The van der Waals surface area contributed by atoms with E-state index in [1.807, 2.05) is 6.21 Å². The standard InChI is InChI=1S/C27H36N4O3/c1-17-7-9-19(26(17,3)4)13-14-28-30-24(15-20-10-8-18(2)27(20,5)6)29-23-16-21(31(33)34)11-12-22(23)25(30)32/h7-8,11-12,14,16,19-20,24,29H,9-10,13,15H2,1-6H3/t19-,20-,24-/m1/s1. The van der Waals surface area contributed by atoms with Gasteiger partial charge >= 0.3 is 0 Å². The zero-order valence-corrected chi connectivity index (χ0v) is 21.1. The first-order valence-electron chi connectivity index (χ1n) is 12.2. The molecule has 1 heterocycles. The Morgan fingerprint density at radius 2 is 1.74 bits per heavy atom. The van der Waals surface area contributed by atoms with Crippen LogP contribution in [-0.4, -0.2) is 28.2 Å². The zero-order valence-electron chi connectivity index (χ0n) is 21.1. The van der Waals surface area contributed by atoms with Crippen LogP contribution in [0.2, 0.25) is 0 Å². The Labute approximate surface area is 202 Å². The van der Waals surface area contributed by atoms with Crippen molar-refractivity contribution in [2.45, 2.75) is 73.4 Å². The third-order valence-electron chi connectivity index (χ3n) is 8.86. The first-order valence-corrected chi connectivity index (χ1v) is 12.2. The smallest absolute Gasteiger partial charge is 0.278 e. The number of anilines is 1. The fraction of sp³-hybridized carbons (Fsp3) is 0.556. The summed E-state index contributed by atoms with van der Waals surface area (Å²) in [5.41, 5.74) is 3.81. The SMILES string of the molecule is CC1=CC[C@H](CC=NN2C(=O)c3ccc([N+](=O)[O-])cc3N[C@H]2C[C@H]2CC=C(C)C2(C)C)C1(C)C. The van der Waals surface area contributed by atoms with Crippen LogP contribution in [0.1, 0.15) is 77.6 Å². The lowest BCUT2D eigenvalue weighted by molar-refractivity contribution is -0.384. The molecule has 1 aliphatic heterocycles. The van der Waals surface area contributed by atoms with E-state index in [1.54, 1.807) is 5.01 Å². The van der Waals surface area contributed by atoms with Gasteiger partial charge in [0.05, 0.1) is 16.2 Å². The molecule has 1 N–H and O–H groups in total. The molecular weight excluding hydrogens is 428 g/mol. The van der Waals surface area contributed by atoms with Crippen LogP contribution in [0.25, 0.3) is 0 Å². The Kier molecular flexibility index (Phi) is 6.17. The zero-order chi connectivity index (χ0) is 24.8.